The number of alkyl halides is 3. The quantitative estimate of drug-likeness (QED) is 0.293. The fraction of sp³-hybridized carbons (Fsp3) is 0.350. The molecule has 0 unspecified atom stereocenters. The summed E-state index contributed by atoms with van der Waals surface area (Å²) in [4.78, 5) is 12.6. The Morgan fingerprint density at radius 1 is 1.27 bits per heavy atom. The first-order valence-corrected chi connectivity index (χ1v) is 9.68. The van der Waals surface area contributed by atoms with E-state index in [1.807, 2.05) is 11.5 Å². The van der Waals surface area contributed by atoms with Crippen molar-refractivity contribution in [2.45, 2.75) is 39.0 Å². The van der Waals surface area contributed by atoms with E-state index in [0.29, 0.717) is 30.2 Å². The van der Waals surface area contributed by atoms with E-state index in [9.17, 15) is 13.2 Å². The van der Waals surface area contributed by atoms with Gasteiger partial charge in [0.05, 0.1) is 24.2 Å². The van der Waals surface area contributed by atoms with Gasteiger partial charge in [0.2, 0.25) is 5.28 Å². The molecule has 1 aromatic carbocycles. The van der Waals surface area contributed by atoms with Crippen molar-refractivity contribution in [2.24, 2.45) is 0 Å². The van der Waals surface area contributed by atoms with Crippen LogP contribution in [0.2, 0.25) is 5.28 Å². The number of imidazole rings is 1. The summed E-state index contributed by atoms with van der Waals surface area (Å²) < 4.78 is 45.7. The molecule has 0 spiro atoms. The SMILES string of the molecule is C=C(NCc1cccc(C(F)(F)F)c1)OCCCCn1cnc2c(C)nc(Cl)nc21. The number of fused-ring (bicyclic) bond motifs is 1. The lowest BCUT2D eigenvalue weighted by Crippen LogP contribution is -2.15. The van der Waals surface area contributed by atoms with Crippen molar-refractivity contribution >= 4 is 22.8 Å². The van der Waals surface area contributed by atoms with Crippen LogP contribution < -0.4 is 5.32 Å². The summed E-state index contributed by atoms with van der Waals surface area (Å²) >= 11 is 5.92. The highest BCUT2D eigenvalue weighted by Crippen LogP contribution is 2.29. The Morgan fingerprint density at radius 2 is 2.07 bits per heavy atom. The molecule has 2 heterocycles. The van der Waals surface area contributed by atoms with Gasteiger partial charge in [0, 0.05) is 13.1 Å². The van der Waals surface area contributed by atoms with E-state index in [4.69, 9.17) is 16.3 Å². The van der Waals surface area contributed by atoms with Crippen LogP contribution in [0.5, 0.6) is 0 Å². The number of benzene rings is 1. The summed E-state index contributed by atoms with van der Waals surface area (Å²) in [6.07, 6.45) is -1.09. The minimum Gasteiger partial charge on any atom is -0.480 e. The van der Waals surface area contributed by atoms with Gasteiger partial charge in [0.25, 0.3) is 0 Å². The lowest BCUT2D eigenvalue weighted by Gasteiger charge is -2.13. The smallest absolute Gasteiger partial charge is 0.416 e. The predicted molar refractivity (Wildman–Crippen MR) is 108 cm³/mol. The molecule has 0 fully saturated rings. The number of hydrogen-bond donors (Lipinski definition) is 1. The summed E-state index contributed by atoms with van der Waals surface area (Å²) in [6, 6.07) is 5.14. The fourth-order valence-electron chi connectivity index (χ4n) is 2.90. The minimum absolute atomic E-state index is 0.188. The molecule has 6 nitrogen and oxygen atoms in total. The molecule has 0 amide bonds. The Balaban J connectivity index is 1.40. The van der Waals surface area contributed by atoms with Crippen molar-refractivity contribution in [3.8, 4) is 0 Å². The summed E-state index contributed by atoms with van der Waals surface area (Å²) in [5.41, 5.74) is 1.97. The largest absolute Gasteiger partial charge is 0.480 e. The lowest BCUT2D eigenvalue weighted by molar-refractivity contribution is -0.137. The number of rotatable bonds is 9. The summed E-state index contributed by atoms with van der Waals surface area (Å²) in [5, 5.41) is 3.08. The maximum Gasteiger partial charge on any atom is 0.416 e. The van der Waals surface area contributed by atoms with Crippen LogP contribution in [-0.4, -0.2) is 26.1 Å². The molecule has 0 saturated heterocycles. The van der Waals surface area contributed by atoms with E-state index in [1.165, 1.54) is 6.07 Å². The van der Waals surface area contributed by atoms with E-state index < -0.39 is 11.7 Å². The molecule has 0 aliphatic rings. The number of nitrogens with zero attached hydrogens (tertiary/aromatic N) is 4. The van der Waals surface area contributed by atoms with Crippen molar-refractivity contribution < 1.29 is 17.9 Å². The zero-order chi connectivity index (χ0) is 21.7. The van der Waals surface area contributed by atoms with Gasteiger partial charge in [-0.25, -0.2) is 9.97 Å². The van der Waals surface area contributed by atoms with Crippen LogP contribution in [0.4, 0.5) is 13.2 Å². The average molecular weight is 440 g/mol. The molecule has 0 radical (unpaired) electrons. The highest BCUT2D eigenvalue weighted by Gasteiger charge is 2.30. The maximum atomic E-state index is 12.8. The van der Waals surface area contributed by atoms with Crippen LogP contribution >= 0.6 is 11.6 Å². The molecule has 30 heavy (non-hydrogen) atoms. The Morgan fingerprint density at radius 3 is 2.83 bits per heavy atom. The number of ether oxygens (including phenoxy) is 1. The Kier molecular flexibility index (Phi) is 6.81. The molecule has 160 valence electrons. The molecule has 0 saturated carbocycles. The molecule has 0 atom stereocenters. The molecular weight excluding hydrogens is 419 g/mol. The standard InChI is InChI=1S/C20H21ClF3N5O/c1-13-17-18(28-19(21)27-13)29(12-26-17)8-3-4-9-30-14(2)25-11-15-6-5-7-16(10-15)20(22,23)24/h5-7,10,12,25H,2-4,8-9,11H2,1H3. The third-order valence-corrected chi connectivity index (χ3v) is 4.59. The Labute approximate surface area is 176 Å². The normalized spacial score (nSPS) is 11.6. The van der Waals surface area contributed by atoms with E-state index in [-0.39, 0.29) is 11.8 Å². The molecule has 3 aromatic rings. The number of halogens is 4. The number of unbranched alkanes of at least 4 members (excludes halogenated alkanes) is 1. The van der Waals surface area contributed by atoms with Gasteiger partial charge in [-0.3, -0.25) is 0 Å². The second-order valence-electron chi connectivity index (χ2n) is 6.72. The molecule has 1 N–H and O–H groups in total. The van der Waals surface area contributed by atoms with Gasteiger partial charge in [0.15, 0.2) is 11.5 Å². The molecule has 10 heteroatoms. The van der Waals surface area contributed by atoms with Crippen LogP contribution in [0.25, 0.3) is 11.2 Å². The van der Waals surface area contributed by atoms with Crippen LogP contribution in [0.15, 0.2) is 43.1 Å². The number of nitrogens with one attached hydrogen (secondary N) is 1. The topological polar surface area (TPSA) is 64.9 Å². The first-order chi connectivity index (χ1) is 14.2. The Hall–Kier alpha value is -2.81. The van der Waals surface area contributed by atoms with E-state index in [0.717, 1.165) is 36.2 Å². The maximum absolute atomic E-state index is 12.8. The molecular formula is C20H21ClF3N5O. The number of aromatic nitrogens is 4. The average Bonchev–Trinajstić information content (AvgIpc) is 3.09. The molecule has 0 aliphatic heterocycles. The monoisotopic (exact) mass is 439 g/mol. The van der Waals surface area contributed by atoms with Crippen LogP contribution in [0.3, 0.4) is 0 Å². The zero-order valence-corrected chi connectivity index (χ0v) is 17.1. The van der Waals surface area contributed by atoms with Gasteiger partial charge in [-0.15, -0.1) is 0 Å². The van der Waals surface area contributed by atoms with Crippen molar-refractivity contribution in [3.05, 3.63) is 65.2 Å². The fourth-order valence-corrected chi connectivity index (χ4v) is 3.11. The summed E-state index contributed by atoms with van der Waals surface area (Å²) in [7, 11) is 0. The second kappa shape index (κ2) is 9.34. The van der Waals surface area contributed by atoms with Gasteiger partial charge in [0.1, 0.15) is 5.52 Å². The van der Waals surface area contributed by atoms with Gasteiger partial charge < -0.3 is 14.6 Å². The highest BCUT2D eigenvalue weighted by atomic mass is 35.5. The van der Waals surface area contributed by atoms with Crippen LogP contribution in [-0.2, 0) is 24.0 Å². The van der Waals surface area contributed by atoms with Gasteiger partial charge in [-0.2, -0.15) is 18.2 Å². The first kappa shape index (κ1) is 21.9. The van der Waals surface area contributed by atoms with Crippen LogP contribution in [0.1, 0.15) is 29.7 Å². The third-order valence-electron chi connectivity index (χ3n) is 4.42. The Bertz CT molecular complexity index is 1030. The molecule has 0 aliphatic carbocycles. The molecule has 3 rings (SSSR count). The summed E-state index contributed by atoms with van der Waals surface area (Å²) in [5.74, 6) is 0.315. The lowest BCUT2D eigenvalue weighted by atomic mass is 10.1. The summed E-state index contributed by atoms with van der Waals surface area (Å²) in [6.45, 7) is 6.89. The predicted octanol–water partition coefficient (Wildman–Crippen LogP) is 4.86. The van der Waals surface area contributed by atoms with Gasteiger partial charge in [-0.1, -0.05) is 12.1 Å². The highest BCUT2D eigenvalue weighted by molar-refractivity contribution is 6.28. The minimum atomic E-state index is -4.36. The third kappa shape index (κ3) is 5.63. The van der Waals surface area contributed by atoms with E-state index >= 15 is 0 Å². The van der Waals surface area contributed by atoms with E-state index in [2.05, 4.69) is 26.8 Å². The van der Waals surface area contributed by atoms with Crippen LogP contribution in [0, 0.1) is 6.92 Å². The van der Waals surface area contributed by atoms with E-state index in [1.54, 1.807) is 12.4 Å². The van der Waals surface area contributed by atoms with Gasteiger partial charge >= 0.3 is 6.18 Å². The first-order valence-electron chi connectivity index (χ1n) is 9.31. The van der Waals surface area contributed by atoms with Gasteiger partial charge in [-0.05, 0) is 55.6 Å². The van der Waals surface area contributed by atoms with Crippen molar-refractivity contribution in [3.63, 3.8) is 0 Å². The van der Waals surface area contributed by atoms with Crippen molar-refractivity contribution in [1.82, 2.24) is 24.8 Å². The van der Waals surface area contributed by atoms with Crippen molar-refractivity contribution in [1.29, 1.82) is 0 Å². The van der Waals surface area contributed by atoms with Crippen molar-refractivity contribution in [2.75, 3.05) is 6.61 Å². The zero-order valence-electron chi connectivity index (χ0n) is 16.3. The number of aryl methyl sites for hydroxylation is 2. The molecule has 0 bridgehead atoms. The second-order valence-corrected chi connectivity index (χ2v) is 7.06. The molecule has 2 aromatic heterocycles. The number of hydrogen-bond acceptors (Lipinski definition) is 5.